The van der Waals surface area contributed by atoms with Crippen LogP contribution in [0.5, 0.6) is 0 Å². The van der Waals surface area contributed by atoms with Gasteiger partial charge in [-0.2, -0.15) is 0 Å². The molecule has 0 unspecified atom stereocenters. The third-order valence-electron chi connectivity index (χ3n) is 3.52. The lowest BCUT2D eigenvalue weighted by atomic mass is 10.2. The van der Waals surface area contributed by atoms with E-state index in [9.17, 15) is 0 Å². The molecule has 4 aromatic rings. The Balaban J connectivity index is 0.00000156. The van der Waals surface area contributed by atoms with E-state index < -0.39 is 0 Å². The molecule has 0 fully saturated rings. The standard InChI is InChI=1S/C17H13N5.ClH/c18-15-14-17(20-11-19-15)22(13-9-5-2-6-10-13)16(21-14)12-7-3-1-4-8-12;/h1-11H,(H2,18,19,20);1H. The molecule has 0 saturated heterocycles. The van der Waals surface area contributed by atoms with Crippen LogP contribution in [-0.4, -0.2) is 19.5 Å². The third kappa shape index (κ3) is 2.51. The quantitative estimate of drug-likeness (QED) is 0.613. The van der Waals surface area contributed by atoms with Gasteiger partial charge in [-0.1, -0.05) is 48.5 Å². The first-order chi connectivity index (χ1) is 10.8. The summed E-state index contributed by atoms with van der Waals surface area (Å²) in [5, 5.41) is 0. The zero-order chi connectivity index (χ0) is 14.9. The lowest BCUT2D eigenvalue weighted by Gasteiger charge is -2.08. The normalized spacial score (nSPS) is 10.4. The van der Waals surface area contributed by atoms with Crippen molar-refractivity contribution in [2.45, 2.75) is 0 Å². The maximum atomic E-state index is 5.97. The SMILES string of the molecule is Cl.Nc1ncnc2c1nc(-c1ccccc1)n2-c1ccccc1. The van der Waals surface area contributed by atoms with Crippen molar-refractivity contribution < 1.29 is 0 Å². The number of nitrogens with two attached hydrogens (primary N) is 1. The van der Waals surface area contributed by atoms with Crippen LogP contribution in [0.2, 0.25) is 0 Å². The number of hydrogen-bond donors (Lipinski definition) is 1. The van der Waals surface area contributed by atoms with Crippen LogP contribution in [0, 0.1) is 0 Å². The molecule has 23 heavy (non-hydrogen) atoms. The molecule has 4 rings (SSSR count). The Morgan fingerprint density at radius 3 is 2.17 bits per heavy atom. The van der Waals surface area contributed by atoms with Gasteiger partial charge in [0.05, 0.1) is 0 Å². The highest BCUT2D eigenvalue weighted by atomic mass is 35.5. The van der Waals surface area contributed by atoms with Gasteiger partial charge in [0.2, 0.25) is 0 Å². The van der Waals surface area contributed by atoms with Gasteiger partial charge in [0.15, 0.2) is 17.0 Å². The average molecular weight is 324 g/mol. The summed E-state index contributed by atoms with van der Waals surface area (Å²) in [5.41, 5.74) is 9.28. The summed E-state index contributed by atoms with van der Waals surface area (Å²) in [4.78, 5) is 13.1. The fourth-order valence-electron chi connectivity index (χ4n) is 2.51. The number of rotatable bonds is 2. The van der Waals surface area contributed by atoms with Crippen LogP contribution in [0.3, 0.4) is 0 Å². The number of benzene rings is 2. The molecule has 2 aromatic carbocycles. The number of nitrogens with zero attached hydrogens (tertiary/aromatic N) is 4. The molecule has 0 aliphatic heterocycles. The molecule has 2 aromatic heterocycles. The van der Waals surface area contributed by atoms with Gasteiger partial charge in [-0.15, -0.1) is 12.4 Å². The molecule has 0 spiro atoms. The first kappa shape index (κ1) is 15.0. The number of imidazole rings is 1. The maximum absolute atomic E-state index is 5.97. The van der Waals surface area contributed by atoms with Gasteiger partial charge in [0.1, 0.15) is 12.2 Å². The summed E-state index contributed by atoms with van der Waals surface area (Å²) < 4.78 is 2.00. The molecule has 114 valence electrons. The Kier molecular flexibility index (Phi) is 3.95. The lowest BCUT2D eigenvalue weighted by Crippen LogP contribution is -1.99. The zero-order valence-corrected chi connectivity index (χ0v) is 12.9. The minimum Gasteiger partial charge on any atom is -0.382 e. The van der Waals surface area contributed by atoms with Crippen LogP contribution in [0.4, 0.5) is 5.82 Å². The summed E-state index contributed by atoms with van der Waals surface area (Å²) in [7, 11) is 0. The van der Waals surface area contributed by atoms with E-state index in [1.54, 1.807) is 0 Å². The van der Waals surface area contributed by atoms with Gasteiger partial charge in [0.25, 0.3) is 0 Å². The van der Waals surface area contributed by atoms with Crippen LogP contribution in [-0.2, 0) is 0 Å². The Morgan fingerprint density at radius 2 is 1.48 bits per heavy atom. The number of para-hydroxylation sites is 1. The molecule has 0 aliphatic carbocycles. The highest BCUT2D eigenvalue weighted by Gasteiger charge is 2.17. The zero-order valence-electron chi connectivity index (χ0n) is 12.1. The monoisotopic (exact) mass is 323 g/mol. The van der Waals surface area contributed by atoms with E-state index in [0.29, 0.717) is 17.0 Å². The van der Waals surface area contributed by atoms with Crippen LogP contribution < -0.4 is 5.73 Å². The summed E-state index contributed by atoms with van der Waals surface area (Å²) >= 11 is 0. The average Bonchev–Trinajstić information content (AvgIpc) is 2.97. The van der Waals surface area contributed by atoms with Crippen molar-refractivity contribution in [3.05, 3.63) is 67.0 Å². The molecule has 6 heteroatoms. The Hall–Kier alpha value is -2.92. The van der Waals surface area contributed by atoms with Crippen LogP contribution in [0.1, 0.15) is 0 Å². The Labute approximate surface area is 139 Å². The second-order valence-corrected chi connectivity index (χ2v) is 4.90. The maximum Gasteiger partial charge on any atom is 0.170 e. The molecule has 0 amide bonds. The summed E-state index contributed by atoms with van der Waals surface area (Å²) in [6.45, 7) is 0. The van der Waals surface area contributed by atoms with Crippen LogP contribution >= 0.6 is 12.4 Å². The molecule has 5 nitrogen and oxygen atoms in total. The van der Waals surface area contributed by atoms with Gasteiger partial charge in [0, 0.05) is 11.3 Å². The Bertz CT molecular complexity index is 935. The minimum absolute atomic E-state index is 0. The van der Waals surface area contributed by atoms with Gasteiger partial charge >= 0.3 is 0 Å². The summed E-state index contributed by atoms with van der Waals surface area (Å²) in [6, 6.07) is 20.0. The fraction of sp³-hybridized carbons (Fsp3) is 0. The van der Waals surface area contributed by atoms with E-state index in [-0.39, 0.29) is 12.4 Å². The van der Waals surface area contributed by atoms with Crippen LogP contribution in [0.25, 0.3) is 28.2 Å². The van der Waals surface area contributed by atoms with E-state index in [4.69, 9.17) is 5.73 Å². The highest BCUT2D eigenvalue weighted by molar-refractivity contribution is 5.87. The van der Waals surface area contributed by atoms with Crippen molar-refractivity contribution in [2.75, 3.05) is 5.73 Å². The molecular weight excluding hydrogens is 310 g/mol. The predicted molar refractivity (Wildman–Crippen MR) is 93.8 cm³/mol. The van der Waals surface area contributed by atoms with Crippen molar-refractivity contribution >= 4 is 29.4 Å². The third-order valence-corrected chi connectivity index (χ3v) is 3.52. The predicted octanol–water partition coefficient (Wildman–Crippen LogP) is 3.49. The van der Waals surface area contributed by atoms with Gasteiger partial charge in [-0.25, -0.2) is 15.0 Å². The van der Waals surface area contributed by atoms with E-state index in [1.807, 2.05) is 65.2 Å². The minimum atomic E-state index is 0. The molecular formula is C17H14ClN5. The van der Waals surface area contributed by atoms with Crippen molar-refractivity contribution in [3.8, 4) is 17.1 Å². The van der Waals surface area contributed by atoms with Crippen molar-refractivity contribution in [1.82, 2.24) is 19.5 Å². The molecule has 0 saturated carbocycles. The topological polar surface area (TPSA) is 69.6 Å². The van der Waals surface area contributed by atoms with E-state index in [1.165, 1.54) is 6.33 Å². The first-order valence-corrected chi connectivity index (χ1v) is 6.94. The van der Waals surface area contributed by atoms with E-state index in [0.717, 1.165) is 17.1 Å². The fourth-order valence-corrected chi connectivity index (χ4v) is 2.51. The van der Waals surface area contributed by atoms with Crippen molar-refractivity contribution in [2.24, 2.45) is 0 Å². The summed E-state index contributed by atoms with van der Waals surface area (Å²) in [5.74, 6) is 1.19. The molecule has 2 heterocycles. The molecule has 0 aliphatic rings. The van der Waals surface area contributed by atoms with Gasteiger partial charge in [-0.05, 0) is 12.1 Å². The number of aromatic nitrogens is 4. The summed E-state index contributed by atoms with van der Waals surface area (Å²) in [6.07, 6.45) is 1.47. The Morgan fingerprint density at radius 1 is 0.826 bits per heavy atom. The molecule has 0 bridgehead atoms. The number of fused-ring (bicyclic) bond motifs is 1. The molecule has 0 radical (unpaired) electrons. The molecule has 2 N–H and O–H groups in total. The van der Waals surface area contributed by atoms with Crippen molar-refractivity contribution in [1.29, 1.82) is 0 Å². The second-order valence-electron chi connectivity index (χ2n) is 4.90. The number of hydrogen-bond acceptors (Lipinski definition) is 4. The molecule has 0 atom stereocenters. The number of nitrogen functional groups attached to an aromatic ring is 1. The number of anilines is 1. The van der Waals surface area contributed by atoms with E-state index in [2.05, 4.69) is 15.0 Å². The highest BCUT2D eigenvalue weighted by Crippen LogP contribution is 2.28. The van der Waals surface area contributed by atoms with Gasteiger partial charge in [-0.3, -0.25) is 4.57 Å². The largest absolute Gasteiger partial charge is 0.382 e. The van der Waals surface area contributed by atoms with Crippen LogP contribution in [0.15, 0.2) is 67.0 Å². The van der Waals surface area contributed by atoms with E-state index >= 15 is 0 Å². The van der Waals surface area contributed by atoms with Gasteiger partial charge < -0.3 is 5.73 Å². The first-order valence-electron chi connectivity index (χ1n) is 6.94. The smallest absolute Gasteiger partial charge is 0.170 e. The van der Waals surface area contributed by atoms with Crippen molar-refractivity contribution in [3.63, 3.8) is 0 Å². The second kappa shape index (κ2) is 6.06. The number of halogens is 1. The lowest BCUT2D eigenvalue weighted by molar-refractivity contribution is 1.07.